The first-order chi connectivity index (χ1) is 11.1. The van der Waals surface area contributed by atoms with Crippen LogP contribution in [0.4, 0.5) is 0 Å². The van der Waals surface area contributed by atoms with E-state index in [9.17, 15) is 0 Å². The van der Waals surface area contributed by atoms with E-state index in [1.807, 2.05) is 24.9 Å². The van der Waals surface area contributed by atoms with E-state index >= 15 is 0 Å². The van der Waals surface area contributed by atoms with Gasteiger partial charge in [0.1, 0.15) is 0 Å². The van der Waals surface area contributed by atoms with Gasteiger partial charge in [-0.05, 0) is 25.1 Å². The van der Waals surface area contributed by atoms with Crippen LogP contribution >= 0.6 is 0 Å². The van der Waals surface area contributed by atoms with Crippen LogP contribution in [0.2, 0.25) is 0 Å². The van der Waals surface area contributed by atoms with E-state index in [4.69, 9.17) is 0 Å². The van der Waals surface area contributed by atoms with Gasteiger partial charge in [-0.3, -0.25) is 4.90 Å². The number of nitrogens with zero attached hydrogens (tertiary/aromatic N) is 5. The van der Waals surface area contributed by atoms with E-state index < -0.39 is 0 Å². The Hall–Kier alpha value is -2.14. The smallest absolute Gasteiger partial charge is 0.0958 e. The maximum atomic E-state index is 4.45. The lowest BCUT2D eigenvalue weighted by atomic mass is 10.2. The summed E-state index contributed by atoms with van der Waals surface area (Å²) < 4.78 is 4.48. The third-order valence-corrected chi connectivity index (χ3v) is 4.04. The highest BCUT2D eigenvalue weighted by molar-refractivity contribution is 5.74. The highest BCUT2D eigenvalue weighted by atomic mass is 15.2. The van der Waals surface area contributed by atoms with Crippen molar-refractivity contribution in [3.63, 3.8) is 0 Å². The molecule has 3 aromatic rings. The van der Waals surface area contributed by atoms with Crippen molar-refractivity contribution in [1.82, 2.24) is 24.0 Å². The summed E-state index contributed by atoms with van der Waals surface area (Å²) >= 11 is 0. The Kier molecular flexibility index (Phi) is 4.76. The van der Waals surface area contributed by atoms with Gasteiger partial charge in [0, 0.05) is 32.4 Å². The molecular weight excluding hydrogens is 286 g/mol. The molecule has 0 unspecified atom stereocenters. The molecule has 0 saturated carbocycles. The second-order valence-corrected chi connectivity index (χ2v) is 6.60. The number of imidazole rings is 2. The minimum atomic E-state index is 0.630. The predicted octanol–water partition coefficient (Wildman–Crippen LogP) is 3.02. The fourth-order valence-electron chi connectivity index (χ4n) is 2.86. The molecule has 0 aliphatic rings. The second-order valence-electron chi connectivity index (χ2n) is 6.60. The molecule has 0 aliphatic heterocycles. The number of aromatic nitrogens is 4. The van der Waals surface area contributed by atoms with Gasteiger partial charge in [-0.25, -0.2) is 9.97 Å². The van der Waals surface area contributed by atoms with Gasteiger partial charge >= 0.3 is 0 Å². The summed E-state index contributed by atoms with van der Waals surface area (Å²) in [5.74, 6) is 0.630. The number of para-hydroxylation sites is 2. The van der Waals surface area contributed by atoms with Crippen molar-refractivity contribution < 1.29 is 0 Å². The van der Waals surface area contributed by atoms with Crippen molar-refractivity contribution >= 4 is 11.0 Å². The lowest BCUT2D eigenvalue weighted by Crippen LogP contribution is -2.24. The molecule has 0 amide bonds. The van der Waals surface area contributed by atoms with E-state index in [0.29, 0.717) is 5.92 Å². The predicted molar refractivity (Wildman–Crippen MR) is 93.1 cm³/mol. The van der Waals surface area contributed by atoms with Crippen molar-refractivity contribution in [3.8, 4) is 0 Å². The van der Waals surface area contributed by atoms with E-state index in [0.717, 1.165) is 31.7 Å². The highest BCUT2D eigenvalue weighted by Gasteiger charge is 2.08. The quantitative estimate of drug-likeness (QED) is 0.673. The molecular formula is C18H25N5. The Morgan fingerprint density at radius 2 is 1.96 bits per heavy atom. The Morgan fingerprint density at radius 3 is 2.78 bits per heavy atom. The number of rotatable bonds is 7. The van der Waals surface area contributed by atoms with Gasteiger partial charge in [-0.1, -0.05) is 26.0 Å². The van der Waals surface area contributed by atoms with E-state index in [-0.39, 0.29) is 0 Å². The summed E-state index contributed by atoms with van der Waals surface area (Å²) in [6.07, 6.45) is 5.85. The average molecular weight is 311 g/mol. The third-order valence-electron chi connectivity index (χ3n) is 4.04. The maximum absolute atomic E-state index is 4.45. The van der Waals surface area contributed by atoms with Crippen LogP contribution in [-0.2, 0) is 19.6 Å². The Labute approximate surface area is 137 Å². The van der Waals surface area contributed by atoms with Gasteiger partial charge in [-0.15, -0.1) is 0 Å². The molecule has 0 N–H and O–H groups in total. The van der Waals surface area contributed by atoms with Gasteiger partial charge in [-0.2, -0.15) is 0 Å². The molecule has 5 heteroatoms. The largest absolute Gasteiger partial charge is 0.333 e. The number of fused-ring (bicyclic) bond motifs is 1. The average Bonchev–Trinajstić information content (AvgIpc) is 3.12. The third kappa shape index (κ3) is 3.79. The Bertz CT molecular complexity index is 755. The first-order valence-corrected chi connectivity index (χ1v) is 8.21. The minimum Gasteiger partial charge on any atom is -0.333 e. The normalized spacial score (nSPS) is 11.9. The van der Waals surface area contributed by atoms with Crippen molar-refractivity contribution in [2.45, 2.75) is 33.5 Å². The summed E-state index contributed by atoms with van der Waals surface area (Å²) in [6.45, 7) is 8.33. The molecule has 5 nitrogen and oxygen atoms in total. The zero-order chi connectivity index (χ0) is 16.2. The summed E-state index contributed by atoms with van der Waals surface area (Å²) in [6, 6.07) is 8.27. The maximum Gasteiger partial charge on any atom is 0.0958 e. The lowest BCUT2D eigenvalue weighted by molar-refractivity contribution is 0.302. The SMILES string of the molecule is CC(C)Cn1cncc1CN(C)CCn1cnc2ccccc21. The van der Waals surface area contributed by atoms with E-state index in [1.54, 1.807) is 0 Å². The van der Waals surface area contributed by atoms with Gasteiger partial charge in [0.2, 0.25) is 0 Å². The molecule has 0 spiro atoms. The molecule has 0 fully saturated rings. The van der Waals surface area contributed by atoms with Gasteiger partial charge in [0.15, 0.2) is 0 Å². The van der Waals surface area contributed by atoms with Gasteiger partial charge in [0.25, 0.3) is 0 Å². The summed E-state index contributed by atoms with van der Waals surface area (Å²) in [4.78, 5) is 11.1. The van der Waals surface area contributed by atoms with Crippen molar-refractivity contribution in [2.24, 2.45) is 5.92 Å². The van der Waals surface area contributed by atoms with Crippen molar-refractivity contribution in [1.29, 1.82) is 0 Å². The molecule has 1 aromatic carbocycles. The standard InChI is InChI=1S/C18H25N5/c1-15(2)11-23-13-19-10-16(23)12-21(3)8-9-22-14-20-17-6-4-5-7-18(17)22/h4-7,10,13-15H,8-9,11-12H2,1-3H3. The molecule has 2 heterocycles. The van der Waals surface area contributed by atoms with Crippen LogP contribution in [0.25, 0.3) is 11.0 Å². The molecule has 3 rings (SSSR count). The highest BCUT2D eigenvalue weighted by Crippen LogP contribution is 2.12. The topological polar surface area (TPSA) is 38.9 Å². The Morgan fingerprint density at radius 1 is 1.13 bits per heavy atom. The number of likely N-dealkylation sites (N-methyl/N-ethyl adjacent to an activating group) is 1. The molecule has 0 saturated heterocycles. The van der Waals surface area contributed by atoms with Gasteiger partial charge < -0.3 is 9.13 Å². The van der Waals surface area contributed by atoms with Crippen molar-refractivity contribution in [2.75, 3.05) is 13.6 Å². The second kappa shape index (κ2) is 6.96. The fourth-order valence-corrected chi connectivity index (χ4v) is 2.86. The van der Waals surface area contributed by atoms with Crippen LogP contribution < -0.4 is 0 Å². The summed E-state index contributed by atoms with van der Waals surface area (Å²) in [5.41, 5.74) is 3.53. The fraction of sp³-hybridized carbons (Fsp3) is 0.444. The molecule has 23 heavy (non-hydrogen) atoms. The Balaban J connectivity index is 1.60. The van der Waals surface area contributed by atoms with Crippen LogP contribution in [0, 0.1) is 5.92 Å². The number of hydrogen-bond donors (Lipinski definition) is 0. The van der Waals surface area contributed by atoms with Crippen molar-refractivity contribution in [3.05, 3.63) is 48.8 Å². The van der Waals surface area contributed by atoms with Crippen LogP contribution in [0.15, 0.2) is 43.1 Å². The van der Waals surface area contributed by atoms with Gasteiger partial charge in [0.05, 0.1) is 29.4 Å². The minimum absolute atomic E-state index is 0.630. The molecule has 0 aliphatic carbocycles. The summed E-state index contributed by atoms with van der Waals surface area (Å²) in [7, 11) is 2.16. The zero-order valence-electron chi connectivity index (χ0n) is 14.2. The monoisotopic (exact) mass is 311 g/mol. The van der Waals surface area contributed by atoms with E-state index in [1.165, 1.54) is 11.2 Å². The number of benzene rings is 1. The van der Waals surface area contributed by atoms with Crippen LogP contribution in [0.5, 0.6) is 0 Å². The van der Waals surface area contributed by atoms with Crippen LogP contribution in [-0.4, -0.2) is 37.6 Å². The number of hydrogen-bond acceptors (Lipinski definition) is 3. The first-order valence-electron chi connectivity index (χ1n) is 8.21. The zero-order valence-corrected chi connectivity index (χ0v) is 14.2. The molecule has 0 radical (unpaired) electrons. The molecule has 122 valence electrons. The molecule has 0 atom stereocenters. The van der Waals surface area contributed by atoms with E-state index in [2.05, 4.69) is 63.1 Å². The lowest BCUT2D eigenvalue weighted by Gasteiger charge is -2.19. The first kappa shape index (κ1) is 15.7. The van der Waals surface area contributed by atoms with Crippen LogP contribution in [0.1, 0.15) is 19.5 Å². The molecule has 2 aromatic heterocycles. The molecule has 0 bridgehead atoms. The van der Waals surface area contributed by atoms with Crippen LogP contribution in [0.3, 0.4) is 0 Å². The summed E-state index contributed by atoms with van der Waals surface area (Å²) in [5, 5.41) is 0.